The van der Waals surface area contributed by atoms with E-state index < -0.39 is 66.7 Å². The van der Waals surface area contributed by atoms with Crippen molar-refractivity contribution in [3.8, 4) is 6.07 Å². The number of nitriles is 1. The number of rotatable bonds is 8. The van der Waals surface area contributed by atoms with Crippen molar-refractivity contribution >= 4 is 29.0 Å². The Morgan fingerprint density at radius 1 is 1.07 bits per heavy atom. The van der Waals surface area contributed by atoms with E-state index in [0.29, 0.717) is 16.9 Å². The highest BCUT2D eigenvalue weighted by atomic mass is 19.4. The summed E-state index contributed by atoms with van der Waals surface area (Å²) in [6.07, 6.45) is -7.12. The molecule has 0 aromatic heterocycles. The Balaban J connectivity index is 1.71. The lowest BCUT2D eigenvalue weighted by Crippen LogP contribution is -2.50. The fourth-order valence-electron chi connectivity index (χ4n) is 5.07. The number of nitrogens with zero attached hydrogens (tertiary/aromatic N) is 2. The lowest BCUT2D eigenvalue weighted by atomic mass is 9.81. The lowest BCUT2D eigenvalue weighted by Gasteiger charge is -2.30. The van der Waals surface area contributed by atoms with E-state index >= 15 is 0 Å². The number of Topliss-reactive ketones (excluding diaryl/α,β-unsaturated/α-hetero) is 1. The van der Waals surface area contributed by atoms with Gasteiger partial charge in [-0.15, -0.1) is 0 Å². The topological polar surface area (TPSA) is 116 Å². The zero-order valence-electron chi connectivity index (χ0n) is 21.7. The number of benzene rings is 3. The molecule has 11 heteroatoms. The first kappa shape index (κ1) is 29.3. The molecule has 0 spiro atoms. The maximum atomic E-state index is 14.9. The van der Waals surface area contributed by atoms with Gasteiger partial charge in [-0.05, 0) is 42.3 Å². The van der Waals surface area contributed by atoms with Gasteiger partial charge in [-0.3, -0.25) is 14.4 Å². The van der Waals surface area contributed by atoms with Crippen molar-refractivity contribution < 1.29 is 31.9 Å². The summed E-state index contributed by atoms with van der Waals surface area (Å²) in [5.74, 6) is -6.11. The van der Waals surface area contributed by atoms with Gasteiger partial charge in [0.2, 0.25) is 11.8 Å². The highest BCUT2D eigenvalue weighted by Crippen LogP contribution is 2.35. The normalized spacial score (nSPS) is 16.6. The maximum absolute atomic E-state index is 14.9. The Morgan fingerprint density at radius 3 is 2.44 bits per heavy atom. The summed E-state index contributed by atoms with van der Waals surface area (Å²) in [4.78, 5) is 41.0. The maximum Gasteiger partial charge on any atom is 0.389 e. The Bertz CT molecular complexity index is 1490. The van der Waals surface area contributed by atoms with Crippen LogP contribution in [0.1, 0.15) is 35.4 Å². The molecule has 41 heavy (non-hydrogen) atoms. The third kappa shape index (κ3) is 6.90. The highest BCUT2D eigenvalue weighted by molar-refractivity contribution is 5.96. The molecule has 0 aliphatic carbocycles. The quantitative estimate of drug-likeness (QED) is 0.385. The molecule has 1 aliphatic heterocycles. The van der Waals surface area contributed by atoms with Crippen LogP contribution < -0.4 is 16.0 Å². The van der Waals surface area contributed by atoms with Crippen LogP contribution >= 0.6 is 0 Å². The molecule has 0 saturated heterocycles. The number of nitrogens with two attached hydrogens (primary N) is 1. The van der Waals surface area contributed by atoms with Gasteiger partial charge in [0.15, 0.2) is 5.78 Å². The number of primary amides is 1. The highest BCUT2D eigenvalue weighted by Gasteiger charge is 2.40. The van der Waals surface area contributed by atoms with Gasteiger partial charge < -0.3 is 16.0 Å². The summed E-state index contributed by atoms with van der Waals surface area (Å²) in [7, 11) is 0. The van der Waals surface area contributed by atoms with E-state index in [9.17, 15) is 37.2 Å². The van der Waals surface area contributed by atoms with E-state index in [-0.39, 0.29) is 17.7 Å². The van der Waals surface area contributed by atoms with Gasteiger partial charge in [0, 0.05) is 29.8 Å². The zero-order valence-corrected chi connectivity index (χ0v) is 21.7. The molecule has 7 nitrogen and oxygen atoms in total. The predicted octanol–water partition coefficient (Wildman–Crippen LogP) is 4.67. The fraction of sp³-hybridized carbons (Fsp3) is 0.267. The van der Waals surface area contributed by atoms with E-state index in [1.807, 2.05) is 6.07 Å². The number of carbonyl (C=O) groups is 3. The minimum Gasteiger partial charge on any atom is -0.369 e. The molecule has 0 unspecified atom stereocenters. The van der Waals surface area contributed by atoms with E-state index in [1.165, 1.54) is 30.3 Å². The molecule has 1 heterocycles. The second-order valence-electron chi connectivity index (χ2n) is 9.77. The van der Waals surface area contributed by atoms with E-state index in [0.717, 1.165) is 0 Å². The number of nitrogens with one attached hydrogen (secondary N) is 1. The minimum absolute atomic E-state index is 0.0736. The summed E-state index contributed by atoms with van der Waals surface area (Å²) in [6, 6.07) is 19.1. The van der Waals surface area contributed by atoms with Gasteiger partial charge >= 0.3 is 6.18 Å². The van der Waals surface area contributed by atoms with Crippen molar-refractivity contribution in [2.24, 2.45) is 11.7 Å². The number of amides is 2. The van der Waals surface area contributed by atoms with Crippen molar-refractivity contribution in [2.45, 2.75) is 37.4 Å². The Kier molecular flexibility index (Phi) is 8.71. The van der Waals surface area contributed by atoms with Gasteiger partial charge in [0.25, 0.3) is 0 Å². The molecule has 0 bridgehead atoms. The van der Waals surface area contributed by atoms with Crippen LogP contribution in [-0.4, -0.2) is 36.4 Å². The predicted molar refractivity (Wildman–Crippen MR) is 142 cm³/mol. The average Bonchev–Trinajstić information content (AvgIpc) is 3.07. The van der Waals surface area contributed by atoms with Crippen molar-refractivity contribution in [1.29, 1.82) is 5.26 Å². The number of fused-ring (bicyclic) bond motifs is 1. The van der Waals surface area contributed by atoms with Crippen LogP contribution in [0.3, 0.4) is 0 Å². The summed E-state index contributed by atoms with van der Waals surface area (Å²) in [6.45, 7) is -0.200. The number of alkyl halides is 3. The van der Waals surface area contributed by atoms with Crippen molar-refractivity contribution in [1.82, 2.24) is 5.32 Å². The van der Waals surface area contributed by atoms with Crippen LogP contribution in [0.5, 0.6) is 0 Å². The van der Waals surface area contributed by atoms with Crippen LogP contribution in [-0.2, 0) is 20.8 Å². The first-order chi connectivity index (χ1) is 19.5. The standard InChI is InChI=1S/C30H26F4N4O3/c31-23-10-5-11-25-22(23)15-26(39)24(17-38(25)20-9-4-6-18(14-20)16-35)37-29(41)21(12-13-30(32,33)34)27(28(36)40)19-7-2-1-3-8-19/h1-11,14,21,24,27H,12-13,15,17H2,(H2,36,40)(H,37,41)/t21-,24+,27+/m1/s1. The fourth-order valence-corrected chi connectivity index (χ4v) is 5.07. The molecular weight excluding hydrogens is 540 g/mol. The smallest absolute Gasteiger partial charge is 0.369 e. The van der Waals surface area contributed by atoms with Crippen LogP contribution in [0.25, 0.3) is 0 Å². The molecule has 0 radical (unpaired) electrons. The average molecular weight is 567 g/mol. The Morgan fingerprint density at radius 2 is 1.78 bits per heavy atom. The lowest BCUT2D eigenvalue weighted by molar-refractivity contribution is -0.144. The Hall–Kier alpha value is -4.72. The number of carbonyl (C=O) groups excluding carboxylic acids is 3. The van der Waals surface area contributed by atoms with Crippen LogP contribution in [0, 0.1) is 23.1 Å². The van der Waals surface area contributed by atoms with E-state index in [2.05, 4.69) is 5.32 Å². The summed E-state index contributed by atoms with van der Waals surface area (Å²) < 4.78 is 54.6. The van der Waals surface area contributed by atoms with Crippen molar-refractivity contribution in [3.05, 3.63) is 95.3 Å². The van der Waals surface area contributed by atoms with Gasteiger partial charge in [-0.2, -0.15) is 18.4 Å². The van der Waals surface area contributed by atoms with Crippen LogP contribution in [0.2, 0.25) is 0 Å². The first-order valence-electron chi connectivity index (χ1n) is 12.8. The molecular formula is C30H26F4N4O3. The van der Waals surface area contributed by atoms with E-state index in [1.54, 1.807) is 47.4 Å². The SMILES string of the molecule is N#Cc1cccc(N2C[C@H](NC(=O)[C@H](CCC(F)(F)F)[C@@H](C(N)=O)c3ccccc3)C(=O)Cc3c(F)cccc32)c1. The molecule has 2 amide bonds. The molecule has 212 valence electrons. The number of halogens is 4. The number of ketones is 1. The first-order valence-corrected chi connectivity index (χ1v) is 12.8. The minimum atomic E-state index is -4.61. The Labute approximate surface area is 233 Å². The number of hydrogen-bond acceptors (Lipinski definition) is 5. The van der Waals surface area contributed by atoms with Crippen LogP contribution in [0.15, 0.2) is 72.8 Å². The molecule has 3 aromatic carbocycles. The molecule has 4 rings (SSSR count). The second kappa shape index (κ2) is 12.2. The summed E-state index contributed by atoms with van der Waals surface area (Å²) in [5, 5.41) is 11.9. The van der Waals surface area contributed by atoms with Crippen molar-refractivity contribution in [3.63, 3.8) is 0 Å². The van der Waals surface area contributed by atoms with Gasteiger partial charge in [0.05, 0.1) is 30.0 Å². The van der Waals surface area contributed by atoms with E-state index in [4.69, 9.17) is 5.73 Å². The molecule has 3 aromatic rings. The monoisotopic (exact) mass is 566 g/mol. The van der Waals surface area contributed by atoms with Gasteiger partial charge in [-0.1, -0.05) is 42.5 Å². The molecule has 0 saturated carbocycles. The number of anilines is 2. The second-order valence-corrected chi connectivity index (χ2v) is 9.77. The molecule has 0 fully saturated rings. The summed E-state index contributed by atoms with van der Waals surface area (Å²) in [5.41, 5.74) is 7.01. The molecule has 3 N–H and O–H groups in total. The largest absolute Gasteiger partial charge is 0.389 e. The number of hydrogen-bond donors (Lipinski definition) is 2. The third-order valence-corrected chi connectivity index (χ3v) is 7.04. The van der Waals surface area contributed by atoms with Crippen molar-refractivity contribution in [2.75, 3.05) is 11.4 Å². The molecule has 3 atom stereocenters. The van der Waals surface area contributed by atoms with Crippen LogP contribution in [0.4, 0.5) is 28.9 Å². The summed E-state index contributed by atoms with van der Waals surface area (Å²) >= 11 is 0. The molecule has 1 aliphatic rings. The van der Waals surface area contributed by atoms with Gasteiger partial charge in [0.1, 0.15) is 11.9 Å². The third-order valence-electron chi connectivity index (χ3n) is 7.04. The zero-order chi connectivity index (χ0) is 29.7. The van der Waals surface area contributed by atoms with Gasteiger partial charge in [-0.25, -0.2) is 4.39 Å².